The van der Waals surface area contributed by atoms with E-state index in [0.29, 0.717) is 27.6 Å². The Kier molecular flexibility index (Phi) is 4.58. The predicted molar refractivity (Wildman–Crippen MR) is 80.0 cm³/mol. The number of likely N-dealkylation sites (tertiary alicyclic amines) is 1. The number of nitrogens with zero attached hydrogens (tertiary/aromatic N) is 1. The summed E-state index contributed by atoms with van der Waals surface area (Å²) in [4.78, 5) is 14.1. The van der Waals surface area contributed by atoms with Crippen molar-refractivity contribution in [3.8, 4) is 0 Å². The van der Waals surface area contributed by atoms with Crippen molar-refractivity contribution in [2.24, 2.45) is 11.8 Å². The number of carbonyl (C=O) groups is 1. The van der Waals surface area contributed by atoms with Crippen LogP contribution in [0.1, 0.15) is 20.3 Å². The molecule has 2 rings (SSSR count). The zero-order chi connectivity index (χ0) is 14.0. The standard InChI is InChI=1S/C14H18Cl2N2O/c1-9-5-10(2)8-18(7-9)14(19)17-13-4-3-11(15)6-12(13)16/h3-4,6,9-10H,5,7-8H2,1-2H3,(H,17,19). The first-order valence-corrected chi connectivity index (χ1v) is 7.22. The molecule has 1 heterocycles. The molecular formula is C14H18Cl2N2O. The number of carbonyl (C=O) groups excluding carboxylic acids is 1. The summed E-state index contributed by atoms with van der Waals surface area (Å²) < 4.78 is 0. The first-order valence-electron chi connectivity index (χ1n) is 6.46. The Morgan fingerprint density at radius 1 is 1.26 bits per heavy atom. The molecule has 104 valence electrons. The normalized spacial score (nSPS) is 23.3. The number of halogens is 2. The Bertz CT molecular complexity index is 469. The van der Waals surface area contributed by atoms with Gasteiger partial charge >= 0.3 is 6.03 Å². The van der Waals surface area contributed by atoms with Crippen LogP contribution in [0.2, 0.25) is 10.0 Å². The maximum absolute atomic E-state index is 12.2. The van der Waals surface area contributed by atoms with Crippen LogP contribution < -0.4 is 5.32 Å². The van der Waals surface area contributed by atoms with Gasteiger partial charge < -0.3 is 10.2 Å². The van der Waals surface area contributed by atoms with Gasteiger partial charge in [-0.25, -0.2) is 4.79 Å². The Balaban J connectivity index is 2.04. The van der Waals surface area contributed by atoms with Gasteiger partial charge in [0.2, 0.25) is 0 Å². The van der Waals surface area contributed by atoms with Gasteiger partial charge in [0.15, 0.2) is 0 Å². The van der Waals surface area contributed by atoms with Crippen LogP contribution in [-0.4, -0.2) is 24.0 Å². The molecule has 0 aromatic heterocycles. The van der Waals surface area contributed by atoms with Gasteiger partial charge in [-0.1, -0.05) is 37.0 Å². The van der Waals surface area contributed by atoms with E-state index in [-0.39, 0.29) is 6.03 Å². The van der Waals surface area contributed by atoms with E-state index < -0.39 is 0 Å². The number of piperidine rings is 1. The highest BCUT2D eigenvalue weighted by Gasteiger charge is 2.25. The average Bonchev–Trinajstić information content (AvgIpc) is 2.31. The molecule has 3 nitrogen and oxygen atoms in total. The molecule has 2 unspecified atom stereocenters. The zero-order valence-corrected chi connectivity index (χ0v) is 12.6. The molecule has 1 saturated heterocycles. The van der Waals surface area contributed by atoms with Crippen molar-refractivity contribution in [2.75, 3.05) is 18.4 Å². The lowest BCUT2D eigenvalue weighted by Gasteiger charge is -2.35. The molecule has 0 aliphatic carbocycles. The SMILES string of the molecule is CC1CC(C)CN(C(=O)Nc2ccc(Cl)cc2Cl)C1. The van der Waals surface area contributed by atoms with Crippen LogP contribution in [0.15, 0.2) is 18.2 Å². The van der Waals surface area contributed by atoms with E-state index in [1.54, 1.807) is 18.2 Å². The molecule has 0 saturated carbocycles. The third-order valence-electron chi connectivity index (χ3n) is 3.33. The second kappa shape index (κ2) is 6.02. The molecule has 0 spiro atoms. The summed E-state index contributed by atoms with van der Waals surface area (Å²) in [5.74, 6) is 1.07. The van der Waals surface area contributed by atoms with Gasteiger partial charge in [0, 0.05) is 18.1 Å². The van der Waals surface area contributed by atoms with Crippen LogP contribution in [0.25, 0.3) is 0 Å². The molecule has 2 atom stereocenters. The van der Waals surface area contributed by atoms with E-state index in [0.717, 1.165) is 13.1 Å². The van der Waals surface area contributed by atoms with Gasteiger partial charge in [-0.3, -0.25) is 0 Å². The predicted octanol–water partition coefficient (Wildman–Crippen LogP) is 4.50. The average molecular weight is 301 g/mol. The molecule has 5 heteroatoms. The van der Waals surface area contributed by atoms with Crippen molar-refractivity contribution < 1.29 is 4.79 Å². The number of rotatable bonds is 1. The van der Waals surface area contributed by atoms with Crippen molar-refractivity contribution in [2.45, 2.75) is 20.3 Å². The van der Waals surface area contributed by atoms with Crippen molar-refractivity contribution in [1.82, 2.24) is 4.90 Å². The van der Waals surface area contributed by atoms with Gasteiger partial charge in [0.05, 0.1) is 10.7 Å². The van der Waals surface area contributed by atoms with E-state index >= 15 is 0 Å². The van der Waals surface area contributed by atoms with Crippen LogP contribution in [0.4, 0.5) is 10.5 Å². The van der Waals surface area contributed by atoms with E-state index in [2.05, 4.69) is 19.2 Å². The molecule has 1 N–H and O–H groups in total. The second-order valence-electron chi connectivity index (χ2n) is 5.41. The van der Waals surface area contributed by atoms with Crippen molar-refractivity contribution in [3.63, 3.8) is 0 Å². The topological polar surface area (TPSA) is 32.3 Å². The smallest absolute Gasteiger partial charge is 0.321 e. The number of amides is 2. The van der Waals surface area contributed by atoms with Crippen LogP contribution >= 0.6 is 23.2 Å². The lowest BCUT2D eigenvalue weighted by molar-refractivity contribution is 0.156. The van der Waals surface area contributed by atoms with Gasteiger partial charge in [-0.15, -0.1) is 0 Å². The zero-order valence-electron chi connectivity index (χ0n) is 11.1. The Morgan fingerprint density at radius 2 is 1.89 bits per heavy atom. The summed E-state index contributed by atoms with van der Waals surface area (Å²) >= 11 is 11.9. The minimum atomic E-state index is -0.0948. The fourth-order valence-corrected chi connectivity index (χ4v) is 3.07. The first kappa shape index (κ1) is 14.5. The molecule has 1 aromatic carbocycles. The van der Waals surface area contributed by atoms with Crippen molar-refractivity contribution in [1.29, 1.82) is 0 Å². The number of anilines is 1. The van der Waals surface area contributed by atoms with E-state index in [1.165, 1.54) is 6.42 Å². The number of hydrogen-bond donors (Lipinski definition) is 1. The highest BCUT2D eigenvalue weighted by Crippen LogP contribution is 2.27. The first-order chi connectivity index (χ1) is 8.95. The number of nitrogens with one attached hydrogen (secondary N) is 1. The largest absolute Gasteiger partial charge is 0.324 e. The third-order valence-corrected chi connectivity index (χ3v) is 3.88. The number of benzene rings is 1. The monoisotopic (exact) mass is 300 g/mol. The Morgan fingerprint density at radius 3 is 2.47 bits per heavy atom. The minimum absolute atomic E-state index is 0.0948. The quantitative estimate of drug-likeness (QED) is 0.813. The summed E-state index contributed by atoms with van der Waals surface area (Å²) in [5, 5.41) is 3.86. The molecule has 19 heavy (non-hydrogen) atoms. The van der Waals surface area contributed by atoms with E-state index in [1.807, 2.05) is 4.90 Å². The molecular weight excluding hydrogens is 283 g/mol. The van der Waals surface area contributed by atoms with Crippen molar-refractivity contribution >= 4 is 34.9 Å². The minimum Gasteiger partial charge on any atom is -0.324 e. The maximum Gasteiger partial charge on any atom is 0.321 e. The lowest BCUT2D eigenvalue weighted by atomic mass is 9.92. The Labute approximate surface area is 123 Å². The molecule has 1 aromatic rings. The fraction of sp³-hybridized carbons (Fsp3) is 0.500. The van der Waals surface area contributed by atoms with Gasteiger partial charge in [-0.05, 0) is 36.5 Å². The molecule has 0 radical (unpaired) electrons. The summed E-state index contributed by atoms with van der Waals surface area (Å²) in [6, 6.07) is 4.96. The summed E-state index contributed by atoms with van der Waals surface area (Å²) in [7, 11) is 0. The summed E-state index contributed by atoms with van der Waals surface area (Å²) in [6.07, 6.45) is 1.17. The van der Waals surface area contributed by atoms with Crippen LogP contribution in [0.5, 0.6) is 0 Å². The van der Waals surface area contributed by atoms with Gasteiger partial charge in [0.25, 0.3) is 0 Å². The van der Waals surface area contributed by atoms with Gasteiger partial charge in [-0.2, -0.15) is 0 Å². The van der Waals surface area contributed by atoms with Crippen LogP contribution in [0, 0.1) is 11.8 Å². The van der Waals surface area contributed by atoms with Crippen LogP contribution in [0.3, 0.4) is 0 Å². The highest BCUT2D eigenvalue weighted by atomic mass is 35.5. The molecule has 1 aliphatic heterocycles. The highest BCUT2D eigenvalue weighted by molar-refractivity contribution is 6.36. The molecule has 1 aliphatic rings. The fourth-order valence-electron chi connectivity index (χ4n) is 2.61. The maximum atomic E-state index is 12.2. The summed E-state index contributed by atoms with van der Waals surface area (Å²) in [6.45, 7) is 5.93. The summed E-state index contributed by atoms with van der Waals surface area (Å²) in [5.41, 5.74) is 0.599. The van der Waals surface area contributed by atoms with Gasteiger partial charge in [0.1, 0.15) is 0 Å². The number of hydrogen-bond acceptors (Lipinski definition) is 1. The van der Waals surface area contributed by atoms with Crippen LogP contribution in [-0.2, 0) is 0 Å². The lowest BCUT2D eigenvalue weighted by Crippen LogP contribution is -2.44. The molecule has 1 fully saturated rings. The molecule has 0 bridgehead atoms. The van der Waals surface area contributed by atoms with E-state index in [4.69, 9.17) is 23.2 Å². The van der Waals surface area contributed by atoms with E-state index in [9.17, 15) is 4.79 Å². The molecule has 2 amide bonds. The second-order valence-corrected chi connectivity index (χ2v) is 6.25. The number of urea groups is 1. The third kappa shape index (κ3) is 3.77. The Hall–Kier alpha value is -0.930. The van der Waals surface area contributed by atoms with Crippen molar-refractivity contribution in [3.05, 3.63) is 28.2 Å².